The Morgan fingerprint density at radius 2 is 1.78 bits per heavy atom. The molecule has 12 heteroatoms. The van der Waals surface area contributed by atoms with Crippen molar-refractivity contribution in [2.24, 2.45) is 0 Å². The van der Waals surface area contributed by atoms with Crippen molar-refractivity contribution in [1.29, 1.82) is 0 Å². The lowest BCUT2D eigenvalue weighted by molar-refractivity contribution is 0.0695. The van der Waals surface area contributed by atoms with Gasteiger partial charge in [-0.3, -0.25) is 18.0 Å². The van der Waals surface area contributed by atoms with E-state index in [1.54, 1.807) is 0 Å². The van der Waals surface area contributed by atoms with Gasteiger partial charge in [-0.25, -0.2) is 22.9 Å². The Labute approximate surface area is 153 Å². The SMILES string of the molecule is F[B]F.O=C(O)c1cn(-c2ccc(F)cc2F)c2nc(Cl)c(F)cc2c1=O. The van der Waals surface area contributed by atoms with E-state index in [2.05, 4.69) is 4.98 Å². The van der Waals surface area contributed by atoms with E-state index in [9.17, 15) is 31.4 Å². The van der Waals surface area contributed by atoms with E-state index in [1.165, 1.54) is 0 Å². The minimum Gasteiger partial charge on any atom is -0.477 e. The average Bonchev–Trinajstić information content (AvgIpc) is 2.58. The van der Waals surface area contributed by atoms with Crippen LogP contribution in [-0.2, 0) is 0 Å². The van der Waals surface area contributed by atoms with E-state index in [0.717, 1.165) is 29.0 Å². The number of rotatable bonds is 2. The Morgan fingerprint density at radius 1 is 1.15 bits per heavy atom. The summed E-state index contributed by atoms with van der Waals surface area (Å²) in [4.78, 5) is 27.1. The normalized spacial score (nSPS) is 10.3. The molecule has 27 heavy (non-hydrogen) atoms. The molecule has 0 aliphatic heterocycles. The van der Waals surface area contributed by atoms with E-state index >= 15 is 0 Å². The highest BCUT2D eigenvalue weighted by Gasteiger charge is 2.19. The fourth-order valence-corrected chi connectivity index (χ4v) is 2.35. The summed E-state index contributed by atoms with van der Waals surface area (Å²) in [6.07, 6.45) is 0.824. The molecule has 0 atom stereocenters. The van der Waals surface area contributed by atoms with Gasteiger partial charge in [0, 0.05) is 12.3 Å². The zero-order chi connectivity index (χ0) is 20.3. The summed E-state index contributed by atoms with van der Waals surface area (Å²) in [6, 6.07) is 3.26. The molecule has 1 aromatic carbocycles. The van der Waals surface area contributed by atoms with Crippen LogP contribution in [0.15, 0.2) is 35.3 Å². The predicted molar refractivity (Wildman–Crippen MR) is 87.2 cm³/mol. The second-order valence-corrected chi connectivity index (χ2v) is 5.22. The van der Waals surface area contributed by atoms with Crippen molar-refractivity contribution in [1.82, 2.24) is 9.55 Å². The number of hydrogen-bond acceptors (Lipinski definition) is 3. The number of carbonyl (C=O) groups is 1. The van der Waals surface area contributed by atoms with Gasteiger partial charge in [-0.15, -0.1) is 0 Å². The topological polar surface area (TPSA) is 72.2 Å². The maximum absolute atomic E-state index is 14.1. The summed E-state index contributed by atoms with van der Waals surface area (Å²) < 4.78 is 60.7. The van der Waals surface area contributed by atoms with E-state index in [-0.39, 0.29) is 11.3 Å². The molecule has 0 aliphatic carbocycles. The molecule has 0 aliphatic rings. The molecule has 0 amide bonds. The first kappa shape index (κ1) is 20.4. The number of carboxylic acid groups (broad SMARTS) is 1. The summed E-state index contributed by atoms with van der Waals surface area (Å²) in [5, 5.41) is 8.14. The zero-order valence-corrected chi connectivity index (χ0v) is 13.6. The van der Waals surface area contributed by atoms with Crippen LogP contribution < -0.4 is 5.43 Å². The molecule has 5 nitrogen and oxygen atoms in total. The molecule has 0 spiro atoms. The van der Waals surface area contributed by atoms with Gasteiger partial charge in [-0.05, 0) is 18.2 Å². The average molecular weight is 403 g/mol. The number of hydrogen-bond donors (Lipinski definition) is 1. The molecule has 0 bridgehead atoms. The third kappa shape index (κ3) is 4.08. The number of halogens is 6. The molecule has 2 heterocycles. The van der Waals surface area contributed by atoms with Crippen molar-refractivity contribution in [3.8, 4) is 5.69 Å². The molecule has 2 aromatic heterocycles. The minimum atomic E-state index is -1.59. The van der Waals surface area contributed by atoms with Crippen molar-refractivity contribution in [2.45, 2.75) is 0 Å². The monoisotopic (exact) mass is 403 g/mol. The maximum atomic E-state index is 14.1. The Kier molecular flexibility index (Phi) is 6.16. The Hall–Kier alpha value is -2.95. The summed E-state index contributed by atoms with van der Waals surface area (Å²) >= 11 is 5.60. The number of pyridine rings is 2. The molecule has 139 valence electrons. The summed E-state index contributed by atoms with van der Waals surface area (Å²) in [7, 11) is -1.00. The van der Waals surface area contributed by atoms with Gasteiger partial charge in [0.1, 0.15) is 17.2 Å². The number of aromatic carboxylic acids is 1. The molecular formula is C15H6BClF5N2O3. The molecule has 1 N–H and O–H groups in total. The quantitative estimate of drug-likeness (QED) is 0.403. The van der Waals surface area contributed by atoms with Crippen molar-refractivity contribution in [3.63, 3.8) is 0 Å². The van der Waals surface area contributed by atoms with E-state index in [0.29, 0.717) is 6.07 Å². The van der Waals surface area contributed by atoms with Gasteiger partial charge in [0.05, 0.1) is 11.1 Å². The van der Waals surface area contributed by atoms with Crippen molar-refractivity contribution < 1.29 is 31.7 Å². The van der Waals surface area contributed by atoms with Crippen LogP contribution in [0.5, 0.6) is 0 Å². The summed E-state index contributed by atoms with van der Waals surface area (Å²) in [5.74, 6) is -4.50. The van der Waals surface area contributed by atoms with Crippen molar-refractivity contribution in [3.05, 3.63) is 68.9 Å². The van der Waals surface area contributed by atoms with Gasteiger partial charge in [0.25, 0.3) is 0 Å². The molecular weight excluding hydrogens is 397 g/mol. The zero-order valence-electron chi connectivity index (χ0n) is 12.9. The van der Waals surface area contributed by atoms with Gasteiger partial charge in [0.2, 0.25) is 5.43 Å². The van der Waals surface area contributed by atoms with Gasteiger partial charge in [0.15, 0.2) is 16.6 Å². The van der Waals surface area contributed by atoms with Gasteiger partial charge < -0.3 is 5.11 Å². The van der Waals surface area contributed by atoms with Crippen LogP contribution >= 0.6 is 11.6 Å². The first-order valence-corrected chi connectivity index (χ1v) is 7.21. The summed E-state index contributed by atoms with van der Waals surface area (Å²) in [6.45, 7) is 0. The Morgan fingerprint density at radius 3 is 2.33 bits per heavy atom. The molecule has 3 aromatic rings. The molecule has 0 unspecified atom stereocenters. The van der Waals surface area contributed by atoms with Crippen LogP contribution in [0.1, 0.15) is 10.4 Å². The number of nitrogens with zero attached hydrogens (tertiary/aromatic N) is 2. The second kappa shape index (κ2) is 8.17. The van der Waals surface area contributed by atoms with Crippen LogP contribution in [0.25, 0.3) is 16.7 Å². The smallest absolute Gasteiger partial charge is 0.477 e. The minimum absolute atomic E-state index is 0.262. The number of fused-ring (bicyclic) bond motifs is 1. The molecule has 1 radical (unpaired) electrons. The van der Waals surface area contributed by atoms with Gasteiger partial charge in [-0.1, -0.05) is 11.6 Å². The number of aromatic nitrogens is 2. The highest BCUT2D eigenvalue weighted by Crippen LogP contribution is 2.23. The molecule has 3 rings (SSSR count). The fraction of sp³-hybridized carbons (Fsp3) is 0. The molecule has 0 fully saturated rings. The van der Waals surface area contributed by atoms with E-state index in [4.69, 9.17) is 16.7 Å². The van der Waals surface area contributed by atoms with Crippen LogP contribution in [-0.4, -0.2) is 28.5 Å². The molecule has 0 saturated heterocycles. The van der Waals surface area contributed by atoms with Gasteiger partial charge >= 0.3 is 13.8 Å². The van der Waals surface area contributed by atoms with Crippen LogP contribution in [0.4, 0.5) is 21.8 Å². The third-order valence-electron chi connectivity index (χ3n) is 3.29. The number of benzene rings is 1. The van der Waals surface area contributed by atoms with Crippen LogP contribution in [0, 0.1) is 17.5 Å². The lowest BCUT2D eigenvalue weighted by Gasteiger charge is -2.13. The first-order valence-electron chi connectivity index (χ1n) is 6.83. The first-order chi connectivity index (χ1) is 12.7. The van der Waals surface area contributed by atoms with Gasteiger partial charge in [-0.2, -0.15) is 0 Å². The summed E-state index contributed by atoms with van der Waals surface area (Å²) in [5.41, 5.74) is -2.27. The highest BCUT2D eigenvalue weighted by atomic mass is 35.5. The lowest BCUT2D eigenvalue weighted by atomic mass is 10.1. The highest BCUT2D eigenvalue weighted by molar-refractivity contribution is 6.29. The third-order valence-corrected chi connectivity index (χ3v) is 3.55. The van der Waals surface area contributed by atoms with Crippen molar-refractivity contribution >= 4 is 36.4 Å². The second-order valence-electron chi connectivity index (χ2n) is 4.86. The standard InChI is InChI=1S/C15H6ClF3N2O3.BF2/c16-13-10(19)4-7-12(22)8(15(23)24)5-21(14(7)20-13)11-2-1-6(17)3-9(11)18;2-1-3/h1-5H,(H,23,24);. The predicted octanol–water partition coefficient (Wildman–Crippen LogP) is 3.61. The molecule has 0 saturated carbocycles. The maximum Gasteiger partial charge on any atom is 0.577 e. The van der Waals surface area contributed by atoms with E-state index in [1.807, 2.05) is 0 Å². The van der Waals surface area contributed by atoms with Crippen LogP contribution in [0.2, 0.25) is 5.15 Å². The van der Waals surface area contributed by atoms with Crippen molar-refractivity contribution in [2.75, 3.05) is 0 Å². The largest absolute Gasteiger partial charge is 0.577 e. The lowest BCUT2D eigenvalue weighted by Crippen LogP contribution is -2.19. The van der Waals surface area contributed by atoms with E-state index < -0.39 is 52.8 Å². The Bertz CT molecular complexity index is 1090. The fourth-order valence-electron chi connectivity index (χ4n) is 2.21. The number of carboxylic acids is 1. The van der Waals surface area contributed by atoms with Crippen LogP contribution in [0.3, 0.4) is 0 Å². The Balaban J connectivity index is 0.000000817.